The number of hydrogen-bond donors (Lipinski definition) is 2. The smallest absolute Gasteiger partial charge is 0.406 e. The van der Waals surface area contributed by atoms with Crippen LogP contribution in [0.25, 0.3) is 0 Å². The van der Waals surface area contributed by atoms with Crippen LogP contribution < -0.4 is 20.9 Å². The van der Waals surface area contributed by atoms with Gasteiger partial charge in [-0.15, -0.1) is 26.3 Å². The Bertz CT molecular complexity index is 939. The average Bonchev–Trinajstić information content (AvgIpc) is 2.72. The third-order valence-corrected chi connectivity index (χ3v) is 4.18. The number of urea groups is 1. The van der Waals surface area contributed by atoms with Gasteiger partial charge >= 0.3 is 32.2 Å². The molecule has 0 heterocycles. The van der Waals surface area contributed by atoms with Gasteiger partial charge in [0.25, 0.3) is 5.91 Å². The molecule has 174 valence electrons. The van der Waals surface area contributed by atoms with E-state index in [1.165, 1.54) is 29.2 Å². The molecule has 2 rings (SSSR count). The van der Waals surface area contributed by atoms with Crippen LogP contribution in [0.15, 0.2) is 42.5 Å². The predicted octanol–water partition coefficient (Wildman–Crippen LogP) is 3.42. The number of amides is 3. The van der Waals surface area contributed by atoms with Gasteiger partial charge in [0.15, 0.2) is 0 Å². The number of anilines is 1. The second-order valence-electron chi connectivity index (χ2n) is 6.18. The van der Waals surface area contributed by atoms with Crippen molar-refractivity contribution in [3.63, 3.8) is 0 Å². The van der Waals surface area contributed by atoms with E-state index in [2.05, 4.69) is 18.6 Å². The molecule has 0 bridgehead atoms. The quantitative estimate of drug-likeness (QED) is 0.162. The Hall–Kier alpha value is -2.70. The summed E-state index contributed by atoms with van der Waals surface area (Å²) < 4.78 is 56.2. The number of hydrazine groups is 1. The van der Waals surface area contributed by atoms with Gasteiger partial charge in [0, 0.05) is 22.9 Å². The summed E-state index contributed by atoms with van der Waals surface area (Å²) in [5, 5.41) is 0. The number of rotatable bonds is 7. The van der Waals surface area contributed by atoms with E-state index in [4.69, 9.17) is 5.84 Å². The minimum absolute atomic E-state index is 0. The van der Waals surface area contributed by atoms with Gasteiger partial charge in [-0.05, 0) is 24.3 Å². The normalized spacial score (nSPS) is 10.7. The summed E-state index contributed by atoms with van der Waals surface area (Å²) >= 11 is 0. The zero-order valence-corrected chi connectivity index (χ0v) is 19.2. The minimum atomic E-state index is -4.92. The van der Waals surface area contributed by atoms with E-state index in [1.807, 2.05) is 5.43 Å². The number of alkyl halides is 3. The molecular weight excluding hydrogens is 610 g/mol. The standard InChI is InChI=1S/C20H20F4N4O3.Os/c1-3-27(4-2)19(30)28(15-6-5-7-16(11-15)31-20(22,23)24)12-14-9-8-13(10-17(14)21)18(29)26-25;/h5-11H,1-4,12,25H2,(H,26,29);/q-2;+2. The van der Waals surface area contributed by atoms with E-state index in [1.54, 1.807) is 0 Å². The molecule has 2 aromatic rings. The first-order chi connectivity index (χ1) is 14.6. The second-order valence-corrected chi connectivity index (χ2v) is 6.18. The summed E-state index contributed by atoms with van der Waals surface area (Å²) in [5.41, 5.74) is 1.87. The van der Waals surface area contributed by atoms with E-state index >= 15 is 0 Å². The van der Waals surface area contributed by atoms with Crippen LogP contribution in [0, 0.1) is 19.7 Å². The fraction of sp³-hybridized carbons (Fsp3) is 0.200. The maximum Gasteiger partial charge on any atom is 2.00 e. The van der Waals surface area contributed by atoms with E-state index in [-0.39, 0.29) is 56.2 Å². The summed E-state index contributed by atoms with van der Waals surface area (Å²) in [4.78, 5) is 26.8. The monoisotopic (exact) mass is 632 g/mol. The van der Waals surface area contributed by atoms with Gasteiger partial charge in [0.05, 0.1) is 6.54 Å². The van der Waals surface area contributed by atoms with E-state index in [0.717, 1.165) is 23.1 Å². The first kappa shape index (κ1) is 27.3. The molecule has 0 spiro atoms. The Kier molecular flexibility index (Phi) is 10.1. The van der Waals surface area contributed by atoms with E-state index in [9.17, 15) is 27.2 Å². The van der Waals surface area contributed by atoms with Crippen LogP contribution in [0.5, 0.6) is 5.75 Å². The molecular formula is C20H20F4N4O3Os. The Balaban J connectivity index is 0.00000512. The molecule has 0 aliphatic carbocycles. The molecule has 0 atom stereocenters. The molecule has 0 aromatic heterocycles. The first-order valence-electron chi connectivity index (χ1n) is 8.89. The van der Waals surface area contributed by atoms with Gasteiger partial charge in [-0.2, -0.15) is 0 Å². The Morgan fingerprint density at radius 2 is 1.75 bits per heavy atom. The third-order valence-electron chi connectivity index (χ3n) is 4.18. The Labute approximate surface area is 195 Å². The van der Waals surface area contributed by atoms with E-state index < -0.39 is 29.9 Å². The van der Waals surface area contributed by atoms with Crippen LogP contribution in [0.2, 0.25) is 0 Å². The molecule has 32 heavy (non-hydrogen) atoms. The number of halogens is 4. The molecule has 0 aliphatic heterocycles. The average molecular weight is 631 g/mol. The summed E-state index contributed by atoms with van der Waals surface area (Å²) in [6.07, 6.45) is -4.92. The number of carbonyl (C=O) groups excluding carboxylic acids is 2. The van der Waals surface area contributed by atoms with E-state index in [0.29, 0.717) is 0 Å². The zero-order valence-electron chi connectivity index (χ0n) is 16.6. The first-order valence-corrected chi connectivity index (χ1v) is 8.89. The van der Waals surface area contributed by atoms with Crippen LogP contribution in [-0.4, -0.2) is 36.3 Å². The van der Waals surface area contributed by atoms with Gasteiger partial charge < -0.3 is 23.5 Å². The Morgan fingerprint density at radius 3 is 2.28 bits per heavy atom. The summed E-state index contributed by atoms with van der Waals surface area (Å²) in [7, 11) is 0. The molecule has 3 amide bonds. The van der Waals surface area contributed by atoms with Crippen molar-refractivity contribution < 1.29 is 51.7 Å². The van der Waals surface area contributed by atoms with Crippen LogP contribution >= 0.6 is 0 Å². The van der Waals surface area contributed by atoms with Gasteiger partial charge in [-0.1, -0.05) is 12.1 Å². The summed E-state index contributed by atoms with van der Waals surface area (Å²) in [6.45, 7) is 6.94. The van der Waals surface area contributed by atoms with Crippen molar-refractivity contribution in [2.75, 3.05) is 18.0 Å². The molecule has 0 saturated carbocycles. The fourth-order valence-corrected chi connectivity index (χ4v) is 2.66. The maximum absolute atomic E-state index is 14.6. The van der Waals surface area contributed by atoms with Crippen molar-refractivity contribution in [1.82, 2.24) is 10.3 Å². The molecule has 0 unspecified atom stereocenters. The van der Waals surface area contributed by atoms with Crippen LogP contribution in [0.3, 0.4) is 0 Å². The number of carbonyl (C=O) groups is 2. The van der Waals surface area contributed by atoms with Crippen molar-refractivity contribution in [2.24, 2.45) is 5.84 Å². The maximum atomic E-state index is 14.6. The van der Waals surface area contributed by atoms with Crippen molar-refractivity contribution in [1.29, 1.82) is 0 Å². The van der Waals surface area contributed by atoms with Gasteiger partial charge in [0.1, 0.15) is 11.6 Å². The largest absolute Gasteiger partial charge is 2.00 e. The van der Waals surface area contributed by atoms with Crippen molar-refractivity contribution >= 4 is 17.6 Å². The third kappa shape index (κ3) is 7.17. The number of ether oxygens (including phenoxy) is 1. The van der Waals surface area contributed by atoms with Crippen molar-refractivity contribution in [3.8, 4) is 5.75 Å². The van der Waals surface area contributed by atoms with Crippen molar-refractivity contribution in [3.05, 3.63) is 73.3 Å². The topological polar surface area (TPSA) is 87.9 Å². The summed E-state index contributed by atoms with van der Waals surface area (Å²) in [6, 6.07) is 7.56. The SMILES string of the molecule is [CH2-]CN(C[CH2-])C(=O)N(Cc1ccc(C(=O)NN)cc1F)c1cccc(OC(F)(F)F)c1.[Os+2]. The molecule has 0 fully saturated rings. The van der Waals surface area contributed by atoms with Gasteiger partial charge in [0.2, 0.25) is 0 Å². The van der Waals surface area contributed by atoms with Crippen molar-refractivity contribution in [2.45, 2.75) is 12.9 Å². The molecule has 12 heteroatoms. The minimum Gasteiger partial charge on any atom is -0.406 e. The number of nitrogen functional groups attached to an aromatic ring is 1. The zero-order chi connectivity index (χ0) is 23.2. The number of nitrogens with one attached hydrogen (secondary N) is 1. The number of nitrogens with zero attached hydrogens (tertiary/aromatic N) is 2. The number of benzene rings is 2. The molecule has 0 radical (unpaired) electrons. The number of nitrogens with two attached hydrogens (primary N) is 1. The summed E-state index contributed by atoms with van der Waals surface area (Å²) in [5.74, 6) is 2.96. The van der Waals surface area contributed by atoms with Crippen LogP contribution in [0.1, 0.15) is 15.9 Å². The van der Waals surface area contributed by atoms with Crippen LogP contribution in [0.4, 0.5) is 28.0 Å². The molecule has 0 aliphatic rings. The Morgan fingerprint density at radius 1 is 1.09 bits per heavy atom. The molecule has 3 N–H and O–H groups in total. The van der Waals surface area contributed by atoms with Crippen LogP contribution in [-0.2, 0) is 26.3 Å². The molecule has 2 aromatic carbocycles. The number of hydrogen-bond acceptors (Lipinski definition) is 4. The molecule has 0 saturated heterocycles. The predicted molar refractivity (Wildman–Crippen MR) is 105 cm³/mol. The van der Waals surface area contributed by atoms with Gasteiger partial charge in [-0.25, -0.2) is 15.0 Å². The molecule has 7 nitrogen and oxygen atoms in total. The second kappa shape index (κ2) is 11.8. The fourth-order valence-electron chi connectivity index (χ4n) is 2.66. The van der Waals surface area contributed by atoms with Gasteiger partial charge in [-0.3, -0.25) is 15.1 Å².